The zero-order valence-electron chi connectivity index (χ0n) is 16.1. The fourth-order valence-electron chi connectivity index (χ4n) is 3.46. The van der Waals surface area contributed by atoms with E-state index in [2.05, 4.69) is 53.8 Å². The Balaban J connectivity index is 0.00000312. The topological polar surface area (TPSA) is 44.4 Å². The summed E-state index contributed by atoms with van der Waals surface area (Å²) in [5.74, 6) is 1.42. The van der Waals surface area contributed by atoms with Gasteiger partial charge in [-0.25, -0.2) is 0 Å². The van der Waals surface area contributed by atoms with Gasteiger partial charge in [-0.15, -0.1) is 24.8 Å². The lowest BCUT2D eigenvalue weighted by molar-refractivity contribution is -0.122. The quantitative estimate of drug-likeness (QED) is 0.614. The van der Waals surface area contributed by atoms with Gasteiger partial charge in [0, 0.05) is 32.2 Å². The van der Waals surface area contributed by atoms with Crippen LogP contribution in [0.3, 0.4) is 0 Å². The van der Waals surface area contributed by atoms with Crippen molar-refractivity contribution in [2.45, 2.75) is 39.0 Å². The molecule has 2 N–H and O–H groups in total. The Kier molecular flexibility index (Phi) is 13.6. The van der Waals surface area contributed by atoms with E-state index in [0.717, 1.165) is 39.0 Å². The molecule has 1 aliphatic rings. The molecule has 1 unspecified atom stereocenters. The third kappa shape index (κ3) is 9.11. The van der Waals surface area contributed by atoms with Gasteiger partial charge in [0.2, 0.25) is 5.91 Å². The summed E-state index contributed by atoms with van der Waals surface area (Å²) >= 11 is 0. The number of nitrogens with one attached hydrogen (secondary N) is 2. The molecular weight excluding hydrogens is 369 g/mol. The van der Waals surface area contributed by atoms with Crippen LogP contribution >= 0.6 is 24.8 Å². The highest BCUT2D eigenvalue weighted by Gasteiger charge is 2.21. The summed E-state index contributed by atoms with van der Waals surface area (Å²) < 4.78 is 0. The standard InChI is InChI=1S/C20H33N3O.2ClH/c1-17(18-10-13-21-14-11-18)16-20(24)22-12-6-7-15-23(2)19-8-4-3-5-9-19;;/h3-5,8-9,17-18,21H,6-7,10-16H2,1-2H3,(H,22,24);2*1H. The molecule has 26 heavy (non-hydrogen) atoms. The van der Waals surface area contributed by atoms with Gasteiger partial charge in [-0.2, -0.15) is 0 Å². The van der Waals surface area contributed by atoms with Gasteiger partial charge >= 0.3 is 0 Å². The van der Waals surface area contributed by atoms with E-state index in [9.17, 15) is 4.79 Å². The average molecular weight is 404 g/mol. The van der Waals surface area contributed by atoms with Crippen molar-refractivity contribution in [1.82, 2.24) is 10.6 Å². The maximum absolute atomic E-state index is 12.1. The van der Waals surface area contributed by atoms with Gasteiger partial charge < -0.3 is 15.5 Å². The van der Waals surface area contributed by atoms with Crippen molar-refractivity contribution in [3.8, 4) is 0 Å². The number of unbranched alkanes of at least 4 members (excludes halogenated alkanes) is 1. The van der Waals surface area contributed by atoms with Gasteiger partial charge in [0.05, 0.1) is 0 Å². The second kappa shape index (κ2) is 14.1. The van der Waals surface area contributed by atoms with E-state index in [1.54, 1.807) is 0 Å². The summed E-state index contributed by atoms with van der Waals surface area (Å²) in [5, 5.41) is 6.48. The fourth-order valence-corrected chi connectivity index (χ4v) is 3.46. The van der Waals surface area contributed by atoms with Crippen molar-refractivity contribution in [2.24, 2.45) is 11.8 Å². The van der Waals surface area contributed by atoms with Gasteiger partial charge in [0.25, 0.3) is 0 Å². The summed E-state index contributed by atoms with van der Waals surface area (Å²) in [7, 11) is 2.12. The van der Waals surface area contributed by atoms with Gasteiger partial charge in [-0.05, 0) is 62.7 Å². The van der Waals surface area contributed by atoms with E-state index in [-0.39, 0.29) is 30.7 Å². The highest BCUT2D eigenvalue weighted by atomic mass is 35.5. The zero-order valence-corrected chi connectivity index (χ0v) is 17.7. The van der Waals surface area contributed by atoms with E-state index >= 15 is 0 Å². The highest BCUT2D eigenvalue weighted by Crippen LogP contribution is 2.24. The number of halogens is 2. The predicted molar refractivity (Wildman–Crippen MR) is 116 cm³/mol. The van der Waals surface area contributed by atoms with Crippen molar-refractivity contribution in [3.05, 3.63) is 30.3 Å². The first-order chi connectivity index (χ1) is 11.7. The van der Waals surface area contributed by atoms with Gasteiger partial charge in [0.15, 0.2) is 0 Å². The van der Waals surface area contributed by atoms with E-state index in [1.807, 2.05) is 6.07 Å². The molecule has 2 rings (SSSR count). The third-order valence-corrected chi connectivity index (χ3v) is 5.14. The van der Waals surface area contributed by atoms with E-state index in [4.69, 9.17) is 0 Å². The van der Waals surface area contributed by atoms with E-state index < -0.39 is 0 Å². The molecule has 0 saturated carbocycles. The van der Waals surface area contributed by atoms with Crippen LogP contribution in [0.2, 0.25) is 0 Å². The Morgan fingerprint density at radius 2 is 1.85 bits per heavy atom. The Morgan fingerprint density at radius 1 is 1.19 bits per heavy atom. The maximum atomic E-state index is 12.1. The largest absolute Gasteiger partial charge is 0.375 e. The molecule has 1 fully saturated rings. The van der Waals surface area contributed by atoms with Crippen LogP contribution in [0.15, 0.2) is 30.3 Å². The first-order valence-corrected chi connectivity index (χ1v) is 9.40. The van der Waals surface area contributed by atoms with Crippen LogP contribution in [-0.4, -0.2) is 39.1 Å². The lowest BCUT2D eigenvalue weighted by Crippen LogP contribution is -2.33. The smallest absolute Gasteiger partial charge is 0.220 e. The number of rotatable bonds is 9. The number of amides is 1. The molecule has 0 bridgehead atoms. The predicted octanol–water partition coefficient (Wildman–Crippen LogP) is 3.89. The molecule has 1 amide bonds. The summed E-state index contributed by atoms with van der Waals surface area (Å²) in [6.07, 6.45) is 5.22. The number of nitrogens with zero attached hydrogens (tertiary/aromatic N) is 1. The van der Waals surface area contributed by atoms with Crippen LogP contribution in [-0.2, 0) is 4.79 Å². The van der Waals surface area contributed by atoms with Crippen LogP contribution in [0, 0.1) is 11.8 Å². The van der Waals surface area contributed by atoms with Crippen LogP contribution in [0.4, 0.5) is 5.69 Å². The minimum atomic E-state index is 0. The summed E-state index contributed by atoms with van der Waals surface area (Å²) in [6.45, 7) is 6.24. The molecule has 1 atom stereocenters. The van der Waals surface area contributed by atoms with Gasteiger partial charge in [-0.1, -0.05) is 25.1 Å². The molecule has 1 aromatic carbocycles. The third-order valence-electron chi connectivity index (χ3n) is 5.14. The van der Waals surface area contributed by atoms with Crippen molar-refractivity contribution in [2.75, 3.05) is 38.1 Å². The SMILES string of the molecule is CC(CC(=O)NCCCCN(C)c1ccccc1)C1CCNCC1.Cl.Cl. The molecule has 1 saturated heterocycles. The molecule has 1 aliphatic heterocycles. The lowest BCUT2D eigenvalue weighted by atomic mass is 9.84. The molecule has 0 aliphatic carbocycles. The minimum Gasteiger partial charge on any atom is -0.375 e. The summed E-state index contributed by atoms with van der Waals surface area (Å²) in [4.78, 5) is 14.3. The molecule has 4 nitrogen and oxygen atoms in total. The average Bonchev–Trinajstić information content (AvgIpc) is 2.62. The molecule has 6 heteroatoms. The Morgan fingerprint density at radius 3 is 2.50 bits per heavy atom. The van der Waals surface area contributed by atoms with Crippen molar-refractivity contribution >= 4 is 36.4 Å². The summed E-state index contributed by atoms with van der Waals surface area (Å²) in [5.41, 5.74) is 1.25. The molecule has 0 spiro atoms. The monoisotopic (exact) mass is 403 g/mol. The first kappa shape index (κ1) is 25.0. The number of benzene rings is 1. The molecule has 150 valence electrons. The van der Waals surface area contributed by atoms with Gasteiger partial charge in [-0.3, -0.25) is 4.79 Å². The van der Waals surface area contributed by atoms with Crippen molar-refractivity contribution < 1.29 is 4.79 Å². The second-order valence-electron chi connectivity index (χ2n) is 7.08. The molecule has 0 radical (unpaired) electrons. The lowest BCUT2D eigenvalue weighted by Gasteiger charge is -2.27. The number of carbonyl (C=O) groups is 1. The molecular formula is C20H35Cl2N3O. The molecule has 1 heterocycles. The minimum absolute atomic E-state index is 0. The highest BCUT2D eigenvalue weighted by molar-refractivity contribution is 5.85. The Bertz CT molecular complexity index is 481. The van der Waals surface area contributed by atoms with Crippen LogP contribution in [0.5, 0.6) is 0 Å². The number of anilines is 1. The van der Waals surface area contributed by atoms with Gasteiger partial charge in [0.1, 0.15) is 0 Å². The maximum Gasteiger partial charge on any atom is 0.220 e. The van der Waals surface area contributed by atoms with Crippen LogP contribution in [0.1, 0.15) is 39.0 Å². The van der Waals surface area contributed by atoms with Crippen LogP contribution in [0.25, 0.3) is 0 Å². The number of piperidine rings is 1. The van der Waals surface area contributed by atoms with Crippen LogP contribution < -0.4 is 15.5 Å². The van der Waals surface area contributed by atoms with E-state index in [0.29, 0.717) is 18.3 Å². The number of hydrogen-bond donors (Lipinski definition) is 2. The zero-order chi connectivity index (χ0) is 17.2. The summed E-state index contributed by atoms with van der Waals surface area (Å²) in [6, 6.07) is 10.4. The fraction of sp³-hybridized carbons (Fsp3) is 0.650. The number of para-hydroxylation sites is 1. The number of carbonyl (C=O) groups excluding carboxylic acids is 1. The second-order valence-corrected chi connectivity index (χ2v) is 7.08. The Hall–Kier alpha value is -0.970. The normalized spacial score (nSPS) is 15.3. The number of hydrogen-bond acceptors (Lipinski definition) is 3. The Labute approximate surface area is 171 Å². The van der Waals surface area contributed by atoms with Crippen molar-refractivity contribution in [1.29, 1.82) is 0 Å². The molecule has 0 aromatic heterocycles. The first-order valence-electron chi connectivity index (χ1n) is 9.40. The molecule has 1 aromatic rings. The van der Waals surface area contributed by atoms with Crippen molar-refractivity contribution in [3.63, 3.8) is 0 Å². The van der Waals surface area contributed by atoms with E-state index in [1.165, 1.54) is 18.5 Å².